The molecule has 0 atom stereocenters. The Morgan fingerprint density at radius 1 is 1.17 bits per heavy atom. The van der Waals surface area contributed by atoms with E-state index in [0.29, 0.717) is 6.42 Å². The zero-order valence-corrected chi connectivity index (χ0v) is 10.4. The first-order chi connectivity index (χ1) is 8.70. The van der Waals surface area contributed by atoms with Crippen LogP contribution in [-0.4, -0.2) is 11.7 Å². The van der Waals surface area contributed by atoms with E-state index in [0.717, 1.165) is 28.3 Å². The van der Waals surface area contributed by atoms with Crippen LogP contribution < -0.4 is 10.5 Å². The van der Waals surface area contributed by atoms with Crippen LogP contribution in [0.25, 0.3) is 0 Å². The summed E-state index contributed by atoms with van der Waals surface area (Å²) in [6, 6.07) is 13.3. The molecule has 3 N–H and O–H groups in total. The molecule has 3 heteroatoms. The maximum atomic E-state index is 9.02. The smallest absolute Gasteiger partial charge is 0.130 e. The molecule has 0 aliphatic carbocycles. The zero-order chi connectivity index (χ0) is 13.0. The molecule has 0 heterocycles. The highest BCUT2D eigenvalue weighted by atomic mass is 16.5. The third-order valence-electron chi connectivity index (χ3n) is 2.82. The van der Waals surface area contributed by atoms with E-state index in [-0.39, 0.29) is 6.61 Å². The van der Waals surface area contributed by atoms with Gasteiger partial charge in [-0.15, -0.1) is 0 Å². The molecule has 0 amide bonds. The van der Waals surface area contributed by atoms with Crippen LogP contribution in [0.2, 0.25) is 0 Å². The predicted octanol–water partition coefficient (Wildman–Crippen LogP) is 2.90. The molecule has 0 saturated heterocycles. The SMILES string of the molecule is Cc1cc(Oc2ccccc2CCO)ccc1N. The van der Waals surface area contributed by atoms with Crippen LogP contribution in [0.3, 0.4) is 0 Å². The Hall–Kier alpha value is -2.00. The quantitative estimate of drug-likeness (QED) is 0.812. The Labute approximate surface area is 107 Å². The monoisotopic (exact) mass is 243 g/mol. The van der Waals surface area contributed by atoms with E-state index in [1.165, 1.54) is 0 Å². The highest BCUT2D eigenvalue weighted by molar-refractivity contribution is 5.50. The van der Waals surface area contributed by atoms with Crippen LogP contribution in [-0.2, 0) is 6.42 Å². The molecule has 0 aliphatic rings. The van der Waals surface area contributed by atoms with Crippen molar-refractivity contribution < 1.29 is 9.84 Å². The number of benzene rings is 2. The molecule has 2 aromatic rings. The number of hydrogen-bond acceptors (Lipinski definition) is 3. The van der Waals surface area contributed by atoms with Crippen molar-refractivity contribution in [3.63, 3.8) is 0 Å². The summed E-state index contributed by atoms with van der Waals surface area (Å²) < 4.78 is 5.83. The second-order valence-corrected chi connectivity index (χ2v) is 4.20. The first-order valence-corrected chi connectivity index (χ1v) is 5.93. The fourth-order valence-electron chi connectivity index (χ4n) is 1.77. The second-order valence-electron chi connectivity index (χ2n) is 4.20. The lowest BCUT2D eigenvalue weighted by molar-refractivity contribution is 0.298. The predicted molar refractivity (Wildman–Crippen MR) is 72.9 cm³/mol. The zero-order valence-electron chi connectivity index (χ0n) is 10.4. The Morgan fingerprint density at radius 3 is 2.67 bits per heavy atom. The lowest BCUT2D eigenvalue weighted by Gasteiger charge is -2.11. The topological polar surface area (TPSA) is 55.5 Å². The average molecular weight is 243 g/mol. The fourth-order valence-corrected chi connectivity index (χ4v) is 1.77. The maximum absolute atomic E-state index is 9.02. The van der Waals surface area contributed by atoms with Crippen LogP contribution >= 0.6 is 0 Å². The largest absolute Gasteiger partial charge is 0.457 e. The van der Waals surface area contributed by atoms with Crippen molar-refractivity contribution in [1.29, 1.82) is 0 Å². The number of ether oxygens (including phenoxy) is 1. The highest BCUT2D eigenvalue weighted by Gasteiger charge is 2.04. The van der Waals surface area contributed by atoms with Crippen LogP contribution in [0.5, 0.6) is 11.5 Å². The minimum absolute atomic E-state index is 0.112. The number of anilines is 1. The molecule has 0 bridgehead atoms. The van der Waals surface area contributed by atoms with Crippen LogP contribution in [0, 0.1) is 6.92 Å². The van der Waals surface area contributed by atoms with Gasteiger partial charge >= 0.3 is 0 Å². The van der Waals surface area contributed by atoms with Crippen molar-refractivity contribution >= 4 is 5.69 Å². The Kier molecular flexibility index (Phi) is 3.85. The van der Waals surface area contributed by atoms with E-state index >= 15 is 0 Å². The standard InChI is InChI=1S/C15H17NO2/c1-11-10-13(6-7-14(11)16)18-15-5-3-2-4-12(15)8-9-17/h2-7,10,17H,8-9,16H2,1H3. The molecule has 0 fully saturated rings. The summed E-state index contributed by atoms with van der Waals surface area (Å²) in [7, 11) is 0. The molecule has 2 rings (SSSR count). The number of aliphatic hydroxyl groups is 1. The van der Waals surface area contributed by atoms with Gasteiger partial charge in [0.25, 0.3) is 0 Å². The van der Waals surface area contributed by atoms with Gasteiger partial charge in [0.1, 0.15) is 11.5 Å². The summed E-state index contributed by atoms with van der Waals surface area (Å²) in [5.74, 6) is 1.53. The molecule has 2 aromatic carbocycles. The summed E-state index contributed by atoms with van der Waals surface area (Å²) in [4.78, 5) is 0. The molecule has 0 radical (unpaired) electrons. The van der Waals surface area contributed by atoms with Gasteiger partial charge < -0.3 is 15.6 Å². The summed E-state index contributed by atoms with van der Waals surface area (Å²) in [6.07, 6.45) is 0.587. The lowest BCUT2D eigenvalue weighted by Crippen LogP contribution is -1.96. The molecule has 0 spiro atoms. The van der Waals surface area contributed by atoms with Crippen molar-refractivity contribution in [2.24, 2.45) is 0 Å². The van der Waals surface area contributed by atoms with Crippen molar-refractivity contribution in [1.82, 2.24) is 0 Å². The Balaban J connectivity index is 2.25. The minimum Gasteiger partial charge on any atom is -0.457 e. The number of aliphatic hydroxyl groups excluding tert-OH is 1. The number of para-hydroxylation sites is 1. The van der Waals surface area contributed by atoms with Crippen molar-refractivity contribution in [2.75, 3.05) is 12.3 Å². The van der Waals surface area contributed by atoms with Crippen molar-refractivity contribution in [3.8, 4) is 11.5 Å². The fraction of sp³-hybridized carbons (Fsp3) is 0.200. The molecule has 0 saturated carbocycles. The van der Waals surface area contributed by atoms with Gasteiger partial charge in [0.2, 0.25) is 0 Å². The van der Waals surface area contributed by atoms with Gasteiger partial charge in [-0.3, -0.25) is 0 Å². The van der Waals surface area contributed by atoms with E-state index < -0.39 is 0 Å². The van der Waals surface area contributed by atoms with Crippen LogP contribution in [0.1, 0.15) is 11.1 Å². The molecule has 94 valence electrons. The van der Waals surface area contributed by atoms with Gasteiger partial charge in [0.15, 0.2) is 0 Å². The van der Waals surface area contributed by atoms with E-state index in [2.05, 4.69) is 0 Å². The van der Waals surface area contributed by atoms with Crippen LogP contribution in [0.4, 0.5) is 5.69 Å². The van der Waals surface area contributed by atoms with Gasteiger partial charge in [0, 0.05) is 12.3 Å². The summed E-state index contributed by atoms with van der Waals surface area (Å²) >= 11 is 0. The molecule has 0 unspecified atom stereocenters. The van der Waals surface area contributed by atoms with E-state index in [9.17, 15) is 0 Å². The van der Waals surface area contributed by atoms with Gasteiger partial charge in [-0.25, -0.2) is 0 Å². The Bertz CT molecular complexity index is 538. The summed E-state index contributed by atoms with van der Waals surface area (Å²) in [6.45, 7) is 2.06. The lowest BCUT2D eigenvalue weighted by atomic mass is 10.1. The van der Waals surface area contributed by atoms with E-state index in [4.69, 9.17) is 15.6 Å². The first kappa shape index (κ1) is 12.5. The third kappa shape index (κ3) is 2.81. The average Bonchev–Trinajstić information content (AvgIpc) is 2.37. The molecular weight excluding hydrogens is 226 g/mol. The molecule has 0 aromatic heterocycles. The van der Waals surface area contributed by atoms with Crippen molar-refractivity contribution in [3.05, 3.63) is 53.6 Å². The summed E-state index contributed by atoms with van der Waals surface area (Å²) in [5.41, 5.74) is 8.51. The van der Waals surface area contributed by atoms with E-state index in [1.807, 2.05) is 49.4 Å². The third-order valence-corrected chi connectivity index (χ3v) is 2.82. The molecular formula is C15H17NO2. The molecule has 18 heavy (non-hydrogen) atoms. The highest BCUT2D eigenvalue weighted by Crippen LogP contribution is 2.27. The van der Waals surface area contributed by atoms with Gasteiger partial charge in [-0.2, -0.15) is 0 Å². The van der Waals surface area contributed by atoms with Gasteiger partial charge in [0.05, 0.1) is 0 Å². The first-order valence-electron chi connectivity index (χ1n) is 5.93. The maximum Gasteiger partial charge on any atom is 0.130 e. The van der Waals surface area contributed by atoms with Crippen molar-refractivity contribution in [2.45, 2.75) is 13.3 Å². The summed E-state index contributed by atoms with van der Waals surface area (Å²) in [5, 5.41) is 9.02. The number of nitrogens with two attached hydrogens (primary N) is 1. The van der Waals surface area contributed by atoms with Gasteiger partial charge in [-0.1, -0.05) is 18.2 Å². The van der Waals surface area contributed by atoms with Gasteiger partial charge in [-0.05, 0) is 48.7 Å². The second kappa shape index (κ2) is 5.56. The van der Waals surface area contributed by atoms with Crippen LogP contribution in [0.15, 0.2) is 42.5 Å². The number of aryl methyl sites for hydroxylation is 1. The molecule has 3 nitrogen and oxygen atoms in total. The number of hydrogen-bond donors (Lipinski definition) is 2. The number of rotatable bonds is 4. The normalized spacial score (nSPS) is 10.3. The van der Waals surface area contributed by atoms with E-state index in [1.54, 1.807) is 0 Å². The minimum atomic E-state index is 0.112. The number of nitrogen functional groups attached to an aromatic ring is 1. The Morgan fingerprint density at radius 2 is 1.94 bits per heavy atom. The molecule has 0 aliphatic heterocycles.